The SMILES string of the molecule is CCCOCCOCCOCCOCCOCCOS(=O)(=O)c1ccc(C)cc1. The van der Waals surface area contributed by atoms with E-state index in [0.717, 1.165) is 18.6 Å². The van der Waals surface area contributed by atoms with Gasteiger partial charge in [-0.15, -0.1) is 0 Å². The Hall–Kier alpha value is -1.07. The van der Waals surface area contributed by atoms with E-state index in [4.69, 9.17) is 27.9 Å². The van der Waals surface area contributed by atoms with Crippen LogP contribution in [0, 0.1) is 6.92 Å². The van der Waals surface area contributed by atoms with Crippen LogP contribution in [0.1, 0.15) is 18.9 Å². The van der Waals surface area contributed by atoms with E-state index in [1.807, 2.05) is 6.92 Å². The molecule has 0 atom stereocenters. The molecular formula is C20H34O8S. The topological polar surface area (TPSA) is 89.5 Å². The molecule has 0 heterocycles. The van der Waals surface area contributed by atoms with Crippen LogP contribution in [0.3, 0.4) is 0 Å². The van der Waals surface area contributed by atoms with Crippen molar-refractivity contribution in [2.24, 2.45) is 0 Å². The molecule has 0 aliphatic heterocycles. The number of hydrogen-bond acceptors (Lipinski definition) is 8. The normalized spacial score (nSPS) is 11.8. The van der Waals surface area contributed by atoms with Gasteiger partial charge in [-0.25, -0.2) is 0 Å². The van der Waals surface area contributed by atoms with Crippen molar-refractivity contribution in [3.05, 3.63) is 29.8 Å². The van der Waals surface area contributed by atoms with Gasteiger partial charge in [-0.3, -0.25) is 4.18 Å². The summed E-state index contributed by atoms with van der Waals surface area (Å²) in [7, 11) is -3.74. The van der Waals surface area contributed by atoms with Crippen LogP contribution in [0.2, 0.25) is 0 Å². The van der Waals surface area contributed by atoms with Crippen LogP contribution in [-0.2, 0) is 38.0 Å². The van der Waals surface area contributed by atoms with Gasteiger partial charge in [-0.1, -0.05) is 24.6 Å². The van der Waals surface area contributed by atoms with Crippen LogP contribution in [0.15, 0.2) is 29.2 Å². The lowest BCUT2D eigenvalue weighted by Gasteiger charge is -2.08. The molecule has 0 aliphatic rings. The van der Waals surface area contributed by atoms with E-state index in [0.29, 0.717) is 52.9 Å². The number of benzene rings is 1. The molecule has 0 aromatic heterocycles. The summed E-state index contributed by atoms with van der Waals surface area (Å²) in [6.07, 6.45) is 1.01. The summed E-state index contributed by atoms with van der Waals surface area (Å²) in [6.45, 7) is 8.78. The highest BCUT2D eigenvalue weighted by Gasteiger charge is 2.14. The summed E-state index contributed by atoms with van der Waals surface area (Å²) < 4.78 is 55.6. The lowest BCUT2D eigenvalue weighted by Crippen LogP contribution is -2.15. The van der Waals surface area contributed by atoms with E-state index < -0.39 is 10.1 Å². The monoisotopic (exact) mass is 434 g/mol. The Kier molecular flexibility index (Phi) is 15.0. The van der Waals surface area contributed by atoms with Crippen molar-refractivity contribution in [1.82, 2.24) is 0 Å². The lowest BCUT2D eigenvalue weighted by atomic mass is 10.2. The minimum Gasteiger partial charge on any atom is -0.379 e. The van der Waals surface area contributed by atoms with E-state index >= 15 is 0 Å². The third-order valence-electron chi connectivity index (χ3n) is 3.61. The molecule has 0 amide bonds. The Balaban J connectivity index is 1.86. The second kappa shape index (κ2) is 16.7. The third kappa shape index (κ3) is 13.7. The van der Waals surface area contributed by atoms with E-state index in [-0.39, 0.29) is 18.1 Å². The first-order valence-electron chi connectivity index (χ1n) is 9.91. The second-order valence-electron chi connectivity index (χ2n) is 6.15. The second-order valence-corrected chi connectivity index (χ2v) is 7.77. The van der Waals surface area contributed by atoms with E-state index in [1.165, 1.54) is 12.1 Å². The molecule has 0 saturated carbocycles. The first kappa shape index (κ1) is 26.0. The minimum absolute atomic E-state index is 0.0389. The molecule has 1 aromatic rings. The van der Waals surface area contributed by atoms with Crippen molar-refractivity contribution in [2.75, 3.05) is 72.7 Å². The van der Waals surface area contributed by atoms with Crippen molar-refractivity contribution >= 4 is 10.1 Å². The lowest BCUT2D eigenvalue weighted by molar-refractivity contribution is -0.0125. The molecule has 0 N–H and O–H groups in total. The molecule has 29 heavy (non-hydrogen) atoms. The zero-order valence-electron chi connectivity index (χ0n) is 17.5. The Bertz CT molecular complexity index is 603. The summed E-state index contributed by atoms with van der Waals surface area (Å²) >= 11 is 0. The van der Waals surface area contributed by atoms with Crippen molar-refractivity contribution in [3.63, 3.8) is 0 Å². The largest absolute Gasteiger partial charge is 0.379 e. The average molecular weight is 435 g/mol. The van der Waals surface area contributed by atoms with Crippen LogP contribution >= 0.6 is 0 Å². The van der Waals surface area contributed by atoms with E-state index in [9.17, 15) is 8.42 Å². The van der Waals surface area contributed by atoms with Gasteiger partial charge < -0.3 is 23.7 Å². The van der Waals surface area contributed by atoms with Crippen molar-refractivity contribution in [3.8, 4) is 0 Å². The third-order valence-corrected chi connectivity index (χ3v) is 4.94. The Labute approximate surface area is 174 Å². The van der Waals surface area contributed by atoms with Crippen molar-refractivity contribution in [2.45, 2.75) is 25.2 Å². The quantitative estimate of drug-likeness (QED) is 0.242. The van der Waals surface area contributed by atoms with Crippen molar-refractivity contribution in [1.29, 1.82) is 0 Å². The summed E-state index contributed by atoms with van der Waals surface area (Å²) in [4.78, 5) is 0.140. The van der Waals surface area contributed by atoms with Gasteiger partial charge in [0.25, 0.3) is 10.1 Å². The maximum atomic E-state index is 12.0. The molecule has 1 aromatic carbocycles. The van der Waals surface area contributed by atoms with Crippen LogP contribution in [0.5, 0.6) is 0 Å². The van der Waals surface area contributed by atoms with Gasteiger partial charge in [0, 0.05) is 6.61 Å². The number of rotatable bonds is 19. The van der Waals surface area contributed by atoms with Crippen molar-refractivity contribution < 1.29 is 36.3 Å². The molecule has 0 bridgehead atoms. The number of ether oxygens (including phenoxy) is 5. The fourth-order valence-electron chi connectivity index (χ4n) is 2.10. The summed E-state index contributed by atoms with van der Waals surface area (Å²) in [5.74, 6) is 0. The number of aryl methyl sites for hydroxylation is 1. The Morgan fingerprint density at radius 1 is 0.621 bits per heavy atom. The smallest absolute Gasteiger partial charge is 0.297 e. The average Bonchev–Trinajstić information content (AvgIpc) is 2.70. The standard InChI is InChI=1S/C20H34O8S/c1-3-8-23-9-10-24-11-12-25-13-14-26-15-16-27-17-18-28-29(21,22)20-6-4-19(2)5-7-20/h4-7H,3,8-18H2,1-2H3. The van der Waals surface area contributed by atoms with Crippen LogP contribution in [0.4, 0.5) is 0 Å². The van der Waals surface area contributed by atoms with Crippen LogP contribution in [0.25, 0.3) is 0 Å². The number of hydrogen-bond donors (Lipinski definition) is 0. The molecule has 0 radical (unpaired) electrons. The fourth-order valence-corrected chi connectivity index (χ4v) is 2.99. The first-order valence-corrected chi connectivity index (χ1v) is 11.3. The van der Waals surface area contributed by atoms with Crippen LogP contribution < -0.4 is 0 Å². The molecule has 168 valence electrons. The summed E-state index contributed by atoms with van der Waals surface area (Å²) in [5, 5.41) is 0. The molecule has 1 rings (SSSR count). The van der Waals surface area contributed by atoms with Crippen LogP contribution in [-0.4, -0.2) is 81.1 Å². The first-order chi connectivity index (χ1) is 14.1. The molecule has 8 nitrogen and oxygen atoms in total. The Morgan fingerprint density at radius 2 is 1.00 bits per heavy atom. The van der Waals surface area contributed by atoms with Gasteiger partial charge in [0.1, 0.15) is 0 Å². The Morgan fingerprint density at radius 3 is 1.41 bits per heavy atom. The van der Waals surface area contributed by atoms with Gasteiger partial charge in [-0.2, -0.15) is 8.42 Å². The molecule has 9 heteroatoms. The summed E-state index contributed by atoms with van der Waals surface area (Å²) in [5.41, 5.74) is 0.985. The molecular weight excluding hydrogens is 400 g/mol. The van der Waals surface area contributed by atoms with Gasteiger partial charge in [-0.05, 0) is 25.5 Å². The summed E-state index contributed by atoms with van der Waals surface area (Å²) in [6, 6.07) is 6.50. The maximum absolute atomic E-state index is 12.0. The predicted molar refractivity (Wildman–Crippen MR) is 109 cm³/mol. The van der Waals surface area contributed by atoms with E-state index in [1.54, 1.807) is 12.1 Å². The fraction of sp³-hybridized carbons (Fsp3) is 0.700. The molecule has 0 unspecified atom stereocenters. The van der Waals surface area contributed by atoms with Gasteiger partial charge in [0.15, 0.2) is 0 Å². The maximum Gasteiger partial charge on any atom is 0.297 e. The highest BCUT2D eigenvalue weighted by Crippen LogP contribution is 2.12. The predicted octanol–water partition coefficient (Wildman–Crippen LogP) is 2.19. The highest BCUT2D eigenvalue weighted by molar-refractivity contribution is 7.86. The minimum atomic E-state index is -3.74. The molecule has 0 fully saturated rings. The molecule has 0 spiro atoms. The van der Waals surface area contributed by atoms with Gasteiger partial charge in [0.2, 0.25) is 0 Å². The molecule has 0 saturated heterocycles. The zero-order chi connectivity index (χ0) is 21.2. The zero-order valence-corrected chi connectivity index (χ0v) is 18.3. The molecule has 0 aliphatic carbocycles. The van der Waals surface area contributed by atoms with E-state index in [2.05, 4.69) is 6.92 Å². The van der Waals surface area contributed by atoms with Gasteiger partial charge in [0.05, 0.1) is 71.0 Å². The van der Waals surface area contributed by atoms with Gasteiger partial charge >= 0.3 is 0 Å². The highest BCUT2D eigenvalue weighted by atomic mass is 32.2.